The molecule has 0 atom stereocenters. The lowest BCUT2D eigenvalue weighted by molar-refractivity contribution is 0.254. The van der Waals surface area contributed by atoms with E-state index in [-0.39, 0.29) is 6.03 Å². The van der Waals surface area contributed by atoms with Crippen molar-refractivity contribution in [2.24, 2.45) is 0 Å². The van der Waals surface area contributed by atoms with Crippen molar-refractivity contribution in [3.05, 3.63) is 101 Å². The van der Waals surface area contributed by atoms with Gasteiger partial charge in [-0.25, -0.2) is 9.78 Å². The number of carbonyl (C=O) groups excluding carboxylic acids is 1. The third-order valence-corrected chi connectivity index (χ3v) is 7.18. The van der Waals surface area contributed by atoms with Crippen molar-refractivity contribution in [1.82, 2.24) is 20.2 Å². The van der Waals surface area contributed by atoms with Gasteiger partial charge in [-0.3, -0.25) is 4.90 Å². The van der Waals surface area contributed by atoms with Gasteiger partial charge < -0.3 is 21.3 Å². The first-order chi connectivity index (χ1) is 19.6. The molecular weight excluding hydrogens is 522 g/mol. The molecule has 9 heteroatoms. The van der Waals surface area contributed by atoms with E-state index in [4.69, 9.17) is 11.6 Å². The van der Waals surface area contributed by atoms with Crippen LogP contribution >= 0.6 is 11.6 Å². The number of rotatable bonds is 3. The zero-order chi connectivity index (χ0) is 27.7. The predicted octanol–water partition coefficient (Wildman–Crippen LogP) is 6.75. The van der Waals surface area contributed by atoms with E-state index < -0.39 is 0 Å². The number of halogens is 1. The summed E-state index contributed by atoms with van der Waals surface area (Å²) in [5, 5.41) is 12.3. The van der Waals surface area contributed by atoms with Gasteiger partial charge >= 0.3 is 6.03 Å². The number of amides is 2. The first kappa shape index (κ1) is 27.4. The lowest BCUT2D eigenvalue weighted by atomic mass is 10.0. The Morgan fingerprint density at radius 2 is 1.75 bits per heavy atom. The molecule has 2 aliphatic heterocycles. The van der Waals surface area contributed by atoms with Crippen molar-refractivity contribution >= 4 is 46.5 Å². The molecule has 6 rings (SSSR count). The lowest BCUT2D eigenvalue weighted by Crippen LogP contribution is -2.25. The minimum atomic E-state index is -0.255. The van der Waals surface area contributed by atoms with E-state index in [1.165, 1.54) is 37.1 Å². The number of hydrogen-bond donors (Lipinski definition) is 4. The highest BCUT2D eigenvalue weighted by Gasteiger charge is 2.13. The maximum atomic E-state index is 11.8. The van der Waals surface area contributed by atoms with Gasteiger partial charge in [0.2, 0.25) is 5.95 Å². The van der Waals surface area contributed by atoms with E-state index in [1.54, 1.807) is 13.2 Å². The van der Waals surface area contributed by atoms with E-state index in [9.17, 15) is 4.79 Å². The average Bonchev–Trinajstić information content (AvgIpc) is 3.48. The molecule has 1 saturated heterocycles. The molecule has 0 spiro atoms. The third-order valence-electron chi connectivity index (χ3n) is 6.90. The number of aryl methyl sites for hydroxylation is 2. The molecule has 0 saturated carbocycles. The van der Waals surface area contributed by atoms with Gasteiger partial charge in [0, 0.05) is 30.7 Å². The Morgan fingerprint density at radius 3 is 2.55 bits per heavy atom. The van der Waals surface area contributed by atoms with Crippen LogP contribution in [0.4, 0.5) is 33.6 Å². The van der Waals surface area contributed by atoms with Crippen LogP contribution in [0.1, 0.15) is 29.5 Å². The number of benzene rings is 3. The molecular formula is C31H34ClN7O. The van der Waals surface area contributed by atoms with Gasteiger partial charge in [0.25, 0.3) is 0 Å². The van der Waals surface area contributed by atoms with Crippen LogP contribution in [0.3, 0.4) is 0 Å². The van der Waals surface area contributed by atoms with Gasteiger partial charge in [0.15, 0.2) is 5.82 Å². The molecule has 1 fully saturated rings. The van der Waals surface area contributed by atoms with E-state index in [2.05, 4.69) is 78.6 Å². The highest BCUT2D eigenvalue weighted by molar-refractivity contribution is 6.32. The molecule has 2 amide bonds. The van der Waals surface area contributed by atoms with Crippen LogP contribution in [0.15, 0.2) is 79.0 Å². The average molecular weight is 556 g/mol. The SMILES string of the molecule is CNC(=O)Nc1ccc2cc1CCc1cccc(c1)Nc1ncc(Cl)c(n1)N2.c1ccc(CN2CCCC2)cc1. The molecule has 6 bridgehead atoms. The quantitative estimate of drug-likeness (QED) is 0.223. The summed E-state index contributed by atoms with van der Waals surface area (Å²) in [7, 11) is 1.59. The molecule has 0 unspecified atom stereocenters. The molecule has 4 N–H and O–H groups in total. The lowest BCUT2D eigenvalue weighted by Gasteiger charge is -2.14. The Bertz CT molecular complexity index is 1440. The van der Waals surface area contributed by atoms with Crippen molar-refractivity contribution in [2.75, 3.05) is 36.1 Å². The topological polar surface area (TPSA) is 94.2 Å². The molecule has 206 valence electrons. The van der Waals surface area contributed by atoms with Crippen molar-refractivity contribution in [3.63, 3.8) is 0 Å². The molecule has 0 aliphatic carbocycles. The minimum absolute atomic E-state index is 0.255. The van der Waals surface area contributed by atoms with E-state index in [1.807, 2.05) is 30.3 Å². The number of anilines is 5. The summed E-state index contributed by atoms with van der Waals surface area (Å²) in [6.07, 6.45) is 5.90. The number of urea groups is 1. The minimum Gasteiger partial charge on any atom is -0.341 e. The van der Waals surface area contributed by atoms with Crippen molar-refractivity contribution in [2.45, 2.75) is 32.2 Å². The van der Waals surface area contributed by atoms with Gasteiger partial charge in [-0.05, 0) is 85.8 Å². The van der Waals surface area contributed by atoms with Crippen LogP contribution in [-0.4, -0.2) is 41.0 Å². The molecule has 1 aromatic heterocycles. The summed E-state index contributed by atoms with van der Waals surface area (Å²) in [5.74, 6) is 0.967. The second kappa shape index (κ2) is 13.3. The van der Waals surface area contributed by atoms with Gasteiger partial charge in [0.1, 0.15) is 5.02 Å². The normalized spacial score (nSPS) is 14.2. The maximum absolute atomic E-state index is 11.8. The Labute approximate surface area is 240 Å². The van der Waals surface area contributed by atoms with E-state index in [0.29, 0.717) is 16.8 Å². The van der Waals surface area contributed by atoms with Gasteiger partial charge in [-0.1, -0.05) is 54.1 Å². The molecule has 4 aromatic rings. The second-order valence-electron chi connectivity index (χ2n) is 9.89. The third kappa shape index (κ3) is 7.49. The Kier molecular flexibility index (Phi) is 9.11. The number of fused-ring (bicyclic) bond motifs is 6. The second-order valence-corrected chi connectivity index (χ2v) is 10.3. The van der Waals surface area contributed by atoms with Crippen molar-refractivity contribution < 1.29 is 4.79 Å². The van der Waals surface area contributed by atoms with Crippen LogP contribution in [0.5, 0.6) is 0 Å². The summed E-state index contributed by atoms with van der Waals surface area (Å²) in [6, 6.07) is 24.3. The number of nitrogens with one attached hydrogen (secondary N) is 4. The number of nitrogens with zero attached hydrogens (tertiary/aromatic N) is 3. The summed E-state index contributed by atoms with van der Waals surface area (Å²) < 4.78 is 0. The smallest absolute Gasteiger partial charge is 0.318 e. The highest BCUT2D eigenvalue weighted by Crippen LogP contribution is 2.29. The highest BCUT2D eigenvalue weighted by atomic mass is 35.5. The van der Waals surface area contributed by atoms with Crippen LogP contribution in [0, 0.1) is 0 Å². The van der Waals surface area contributed by atoms with E-state index >= 15 is 0 Å². The fourth-order valence-corrected chi connectivity index (χ4v) is 4.97. The van der Waals surface area contributed by atoms with Gasteiger partial charge in [0.05, 0.1) is 6.20 Å². The number of likely N-dealkylation sites (tertiary alicyclic amines) is 1. The number of hydrogen-bond acceptors (Lipinski definition) is 6. The predicted molar refractivity (Wildman–Crippen MR) is 163 cm³/mol. The summed E-state index contributed by atoms with van der Waals surface area (Å²) in [4.78, 5) is 23.1. The Hall–Kier alpha value is -4.14. The first-order valence-corrected chi connectivity index (χ1v) is 14.0. The largest absolute Gasteiger partial charge is 0.341 e. The van der Waals surface area contributed by atoms with E-state index in [0.717, 1.165) is 42.0 Å². The molecule has 40 heavy (non-hydrogen) atoms. The Balaban J connectivity index is 0.000000223. The summed E-state index contributed by atoms with van der Waals surface area (Å²) >= 11 is 6.27. The van der Waals surface area contributed by atoms with Gasteiger partial charge in [-0.15, -0.1) is 0 Å². The molecule has 0 radical (unpaired) electrons. The van der Waals surface area contributed by atoms with Gasteiger partial charge in [-0.2, -0.15) is 4.98 Å². The van der Waals surface area contributed by atoms with Crippen molar-refractivity contribution in [1.29, 1.82) is 0 Å². The number of aromatic nitrogens is 2. The monoisotopic (exact) mass is 555 g/mol. The number of carbonyl (C=O) groups is 1. The van der Waals surface area contributed by atoms with Crippen LogP contribution in [-0.2, 0) is 19.4 Å². The van der Waals surface area contributed by atoms with Crippen LogP contribution in [0.2, 0.25) is 5.02 Å². The summed E-state index contributed by atoms with van der Waals surface area (Å²) in [5.41, 5.74) is 6.12. The van der Waals surface area contributed by atoms with Crippen molar-refractivity contribution in [3.8, 4) is 0 Å². The fraction of sp³-hybridized carbons (Fsp3) is 0.258. The maximum Gasteiger partial charge on any atom is 0.318 e. The first-order valence-electron chi connectivity index (χ1n) is 13.6. The molecule has 2 aliphatic rings. The standard InChI is InChI=1S/C20H19ClN6O.C11H15N/c1-22-20(28)26-17-8-7-15-10-13(17)6-5-12-3-2-4-14(9-12)25-19-23-11-16(21)18(24-15)27-19;1-2-6-11(7-3-1)10-12-8-4-5-9-12/h2-4,7-11H,5-6H2,1H3,(H2,22,26,28)(H2,23,24,25,27);1-3,6-7H,4-5,8-10H2. The van der Waals surface area contributed by atoms with Crippen LogP contribution in [0.25, 0.3) is 0 Å². The molecule has 3 heterocycles. The molecule has 3 aromatic carbocycles. The van der Waals surface area contributed by atoms with Crippen LogP contribution < -0.4 is 21.3 Å². The zero-order valence-corrected chi connectivity index (χ0v) is 23.3. The summed E-state index contributed by atoms with van der Waals surface area (Å²) in [6.45, 7) is 3.71. The molecule has 8 nitrogen and oxygen atoms in total. The fourth-order valence-electron chi connectivity index (χ4n) is 4.83. The Morgan fingerprint density at radius 1 is 0.950 bits per heavy atom. The zero-order valence-electron chi connectivity index (χ0n) is 22.6.